The maximum Gasteiger partial charge on any atom is 0.0577 e. The molecule has 2 heteroatoms. The SMILES string of the molecule is CN[C@H](C)[C@H]1CC[C@H]2[C@@H]3CC=C4C[C@@H](O)CC[C@]4(C)[C@H]3CC[C@]12C. The lowest BCUT2D eigenvalue weighted by molar-refractivity contribution is -0.0532. The molecule has 2 N–H and O–H groups in total. The van der Waals surface area contributed by atoms with Gasteiger partial charge in [-0.15, -0.1) is 0 Å². The number of hydrogen-bond acceptors (Lipinski definition) is 2. The van der Waals surface area contributed by atoms with Crippen LogP contribution in [-0.2, 0) is 0 Å². The molecule has 0 aromatic carbocycles. The van der Waals surface area contributed by atoms with Gasteiger partial charge in [0, 0.05) is 6.04 Å². The van der Waals surface area contributed by atoms with Crippen LogP contribution in [0.15, 0.2) is 11.6 Å². The van der Waals surface area contributed by atoms with Crippen molar-refractivity contribution >= 4 is 0 Å². The summed E-state index contributed by atoms with van der Waals surface area (Å²) in [6.45, 7) is 7.55. The molecule has 24 heavy (non-hydrogen) atoms. The second-order valence-corrected chi connectivity index (χ2v) is 9.96. The van der Waals surface area contributed by atoms with Gasteiger partial charge in [0.1, 0.15) is 0 Å². The zero-order chi connectivity index (χ0) is 17.1. The predicted octanol–water partition coefficient (Wildman–Crippen LogP) is 4.53. The monoisotopic (exact) mass is 331 g/mol. The topological polar surface area (TPSA) is 32.3 Å². The van der Waals surface area contributed by atoms with Crippen molar-refractivity contribution < 1.29 is 5.11 Å². The van der Waals surface area contributed by atoms with Crippen molar-refractivity contribution in [1.29, 1.82) is 0 Å². The Morgan fingerprint density at radius 3 is 2.67 bits per heavy atom. The number of allylic oxidation sites excluding steroid dienone is 1. The Balaban J connectivity index is 1.63. The molecule has 0 spiro atoms. The summed E-state index contributed by atoms with van der Waals surface area (Å²) in [6.07, 6.45) is 12.6. The van der Waals surface area contributed by atoms with Crippen molar-refractivity contribution in [1.82, 2.24) is 5.32 Å². The minimum Gasteiger partial charge on any atom is -0.393 e. The fraction of sp³-hybridized carbons (Fsp3) is 0.909. The molecular weight excluding hydrogens is 294 g/mol. The highest BCUT2D eigenvalue weighted by atomic mass is 16.3. The summed E-state index contributed by atoms with van der Waals surface area (Å²) < 4.78 is 0. The molecule has 4 rings (SSSR count). The molecule has 0 aromatic rings. The van der Waals surface area contributed by atoms with E-state index < -0.39 is 0 Å². The second-order valence-electron chi connectivity index (χ2n) is 9.96. The van der Waals surface area contributed by atoms with Crippen molar-refractivity contribution in [3.05, 3.63) is 11.6 Å². The Morgan fingerprint density at radius 2 is 1.92 bits per heavy atom. The molecule has 3 fully saturated rings. The van der Waals surface area contributed by atoms with Crippen LogP contribution in [0.1, 0.15) is 72.1 Å². The Bertz CT molecular complexity index is 528. The number of hydrogen-bond donors (Lipinski definition) is 2. The molecule has 4 aliphatic carbocycles. The Kier molecular flexibility index (Phi) is 4.16. The number of rotatable bonds is 2. The lowest BCUT2D eigenvalue weighted by Crippen LogP contribution is -2.52. The van der Waals surface area contributed by atoms with E-state index in [1.807, 2.05) is 0 Å². The Labute approximate surface area is 148 Å². The van der Waals surface area contributed by atoms with E-state index in [-0.39, 0.29) is 6.10 Å². The summed E-state index contributed by atoms with van der Waals surface area (Å²) in [5.41, 5.74) is 2.53. The molecule has 3 saturated carbocycles. The van der Waals surface area contributed by atoms with Gasteiger partial charge in [-0.05, 0) is 99.8 Å². The van der Waals surface area contributed by atoms with Gasteiger partial charge < -0.3 is 10.4 Å². The van der Waals surface area contributed by atoms with E-state index in [0.717, 1.165) is 36.5 Å². The van der Waals surface area contributed by atoms with Crippen molar-refractivity contribution in [2.75, 3.05) is 7.05 Å². The molecule has 0 amide bonds. The second kappa shape index (κ2) is 5.84. The van der Waals surface area contributed by atoms with E-state index in [1.54, 1.807) is 5.57 Å². The van der Waals surface area contributed by atoms with Gasteiger partial charge in [0.15, 0.2) is 0 Å². The first kappa shape index (κ1) is 17.1. The summed E-state index contributed by atoms with van der Waals surface area (Å²) in [5, 5.41) is 13.7. The molecule has 0 aromatic heterocycles. The highest BCUT2D eigenvalue weighted by Gasteiger charge is 2.59. The molecule has 4 aliphatic rings. The molecule has 0 heterocycles. The van der Waals surface area contributed by atoms with Gasteiger partial charge in [-0.3, -0.25) is 0 Å². The Morgan fingerprint density at radius 1 is 1.12 bits per heavy atom. The van der Waals surface area contributed by atoms with Gasteiger partial charge in [-0.25, -0.2) is 0 Å². The molecule has 0 radical (unpaired) electrons. The lowest BCUT2D eigenvalue weighted by atomic mass is 9.47. The maximum atomic E-state index is 10.1. The van der Waals surface area contributed by atoms with Crippen LogP contribution < -0.4 is 5.32 Å². The molecule has 8 atom stereocenters. The molecule has 2 nitrogen and oxygen atoms in total. The van der Waals surface area contributed by atoms with Gasteiger partial charge in [0.2, 0.25) is 0 Å². The van der Waals surface area contributed by atoms with Gasteiger partial charge in [0.05, 0.1) is 6.10 Å². The van der Waals surface area contributed by atoms with Crippen LogP contribution in [0.3, 0.4) is 0 Å². The van der Waals surface area contributed by atoms with Crippen LogP contribution in [0, 0.1) is 34.5 Å². The molecule has 0 aliphatic heterocycles. The van der Waals surface area contributed by atoms with E-state index in [1.165, 1.54) is 38.5 Å². The maximum absolute atomic E-state index is 10.1. The predicted molar refractivity (Wildman–Crippen MR) is 99.7 cm³/mol. The summed E-state index contributed by atoms with van der Waals surface area (Å²) in [7, 11) is 2.14. The van der Waals surface area contributed by atoms with Crippen LogP contribution >= 0.6 is 0 Å². The summed E-state index contributed by atoms with van der Waals surface area (Å²) in [5.74, 6) is 3.52. The standard InChI is InChI=1S/C22H37NO/c1-14(23-4)18-7-8-19-17-6-5-15-13-16(24)9-11-21(15,2)20(17)10-12-22(18,19)3/h5,14,16-20,23-24H,6-13H2,1-4H3/t14-,16+,17+,18-,19+,20+,21+,22-/m1/s1. The average Bonchev–Trinajstić information content (AvgIpc) is 2.92. The number of aliphatic hydroxyl groups is 1. The largest absolute Gasteiger partial charge is 0.393 e. The third-order valence-corrected chi connectivity index (χ3v) is 9.21. The number of aliphatic hydroxyl groups excluding tert-OH is 1. The van der Waals surface area contributed by atoms with Crippen LogP contribution in [-0.4, -0.2) is 24.3 Å². The van der Waals surface area contributed by atoms with Crippen molar-refractivity contribution in [3.8, 4) is 0 Å². The minimum absolute atomic E-state index is 0.0814. The molecule has 0 saturated heterocycles. The van der Waals surface area contributed by atoms with E-state index >= 15 is 0 Å². The summed E-state index contributed by atoms with van der Waals surface area (Å²) in [6, 6.07) is 0.645. The fourth-order valence-electron chi connectivity index (χ4n) is 7.70. The zero-order valence-electron chi connectivity index (χ0n) is 16.1. The van der Waals surface area contributed by atoms with Gasteiger partial charge in [-0.1, -0.05) is 25.5 Å². The van der Waals surface area contributed by atoms with Crippen LogP contribution in [0.2, 0.25) is 0 Å². The van der Waals surface area contributed by atoms with Crippen LogP contribution in [0.4, 0.5) is 0 Å². The van der Waals surface area contributed by atoms with E-state index in [4.69, 9.17) is 0 Å². The summed E-state index contributed by atoms with van der Waals surface area (Å²) >= 11 is 0. The Hall–Kier alpha value is -0.340. The van der Waals surface area contributed by atoms with Crippen LogP contribution in [0.5, 0.6) is 0 Å². The lowest BCUT2D eigenvalue weighted by Gasteiger charge is -2.58. The molecule has 0 bridgehead atoms. The van der Waals surface area contributed by atoms with Crippen LogP contribution in [0.25, 0.3) is 0 Å². The van der Waals surface area contributed by atoms with Crippen molar-refractivity contribution in [2.45, 2.75) is 84.3 Å². The molecule has 136 valence electrons. The first-order chi connectivity index (χ1) is 11.4. The van der Waals surface area contributed by atoms with E-state index in [2.05, 4.69) is 39.2 Å². The van der Waals surface area contributed by atoms with Crippen molar-refractivity contribution in [3.63, 3.8) is 0 Å². The smallest absolute Gasteiger partial charge is 0.0577 e. The highest BCUT2D eigenvalue weighted by molar-refractivity contribution is 5.25. The fourth-order valence-corrected chi connectivity index (χ4v) is 7.70. The third kappa shape index (κ3) is 2.28. The first-order valence-electron chi connectivity index (χ1n) is 10.4. The third-order valence-electron chi connectivity index (χ3n) is 9.21. The number of fused-ring (bicyclic) bond motifs is 5. The van der Waals surface area contributed by atoms with Gasteiger partial charge in [0.25, 0.3) is 0 Å². The molecule has 0 unspecified atom stereocenters. The van der Waals surface area contributed by atoms with E-state index in [0.29, 0.717) is 16.9 Å². The minimum atomic E-state index is -0.0814. The normalized spacial score (nSPS) is 52.0. The zero-order valence-corrected chi connectivity index (χ0v) is 16.1. The average molecular weight is 332 g/mol. The first-order valence-corrected chi connectivity index (χ1v) is 10.4. The van der Waals surface area contributed by atoms with Gasteiger partial charge in [-0.2, -0.15) is 0 Å². The quantitative estimate of drug-likeness (QED) is 0.728. The van der Waals surface area contributed by atoms with Gasteiger partial charge >= 0.3 is 0 Å². The number of nitrogens with one attached hydrogen (secondary N) is 1. The summed E-state index contributed by atoms with van der Waals surface area (Å²) in [4.78, 5) is 0. The molecular formula is C22H37NO. The van der Waals surface area contributed by atoms with E-state index in [9.17, 15) is 5.11 Å². The van der Waals surface area contributed by atoms with Crippen molar-refractivity contribution in [2.24, 2.45) is 34.5 Å². The highest BCUT2D eigenvalue weighted by Crippen LogP contribution is 2.66.